The molecule has 52 heavy (non-hydrogen) atoms. The van der Waals surface area contributed by atoms with Crippen molar-refractivity contribution in [3.8, 4) is 5.75 Å². The minimum Gasteiger partial charge on any atom is -0.490 e. The number of amides is 1. The topological polar surface area (TPSA) is 97.4 Å². The fourth-order valence-electron chi connectivity index (χ4n) is 9.18. The monoisotopic (exact) mass is 753 g/mol. The number of halogens is 1. The Morgan fingerprint density at radius 3 is 2.77 bits per heavy atom. The van der Waals surface area contributed by atoms with Crippen LogP contribution in [0.25, 0.3) is 0 Å². The normalized spacial score (nSPS) is 32.9. The van der Waals surface area contributed by atoms with Crippen molar-refractivity contribution in [2.45, 2.75) is 89.0 Å². The lowest BCUT2D eigenvalue weighted by Crippen LogP contribution is -2.50. The van der Waals surface area contributed by atoms with E-state index >= 15 is 0 Å². The zero-order chi connectivity index (χ0) is 36.6. The van der Waals surface area contributed by atoms with Crippen LogP contribution in [0.15, 0.2) is 48.6 Å². The van der Waals surface area contributed by atoms with Crippen LogP contribution in [0.4, 0.5) is 5.69 Å². The van der Waals surface area contributed by atoms with Gasteiger partial charge in [0.15, 0.2) is 0 Å². The van der Waals surface area contributed by atoms with E-state index < -0.39 is 21.2 Å². The molecule has 1 saturated heterocycles. The number of rotatable bonds is 5. The summed E-state index contributed by atoms with van der Waals surface area (Å²) in [5.74, 6) is 1.09. The Hall–Kier alpha value is -2.63. The van der Waals surface area contributed by atoms with Crippen LogP contribution in [0.2, 0.25) is 5.02 Å². The third kappa shape index (κ3) is 7.79. The van der Waals surface area contributed by atoms with Gasteiger partial charge in [0.05, 0.1) is 43.5 Å². The van der Waals surface area contributed by atoms with Gasteiger partial charge in [-0.1, -0.05) is 50.6 Å². The number of nitrogens with zero attached hydrogens (tertiary/aromatic N) is 2. The Morgan fingerprint density at radius 2 is 1.98 bits per heavy atom. The van der Waals surface area contributed by atoms with Gasteiger partial charge in [0.2, 0.25) is 10.0 Å². The molecule has 2 aliphatic carbocycles. The summed E-state index contributed by atoms with van der Waals surface area (Å²) in [6.07, 6.45) is 9.95. The quantitative estimate of drug-likeness (QED) is 0.341. The second-order valence-corrected chi connectivity index (χ2v) is 18.8. The van der Waals surface area contributed by atoms with Crippen molar-refractivity contribution in [2.75, 3.05) is 57.5 Å². The molecule has 2 aromatic carbocycles. The molecule has 2 fully saturated rings. The Bertz CT molecular complexity index is 1750. The van der Waals surface area contributed by atoms with Gasteiger partial charge in [-0.3, -0.25) is 9.69 Å². The average molecular weight is 754 g/mol. The molecule has 7 atom stereocenters. The highest BCUT2D eigenvalue weighted by atomic mass is 35.5. The molecule has 0 unspecified atom stereocenters. The Balaban J connectivity index is 1.22. The summed E-state index contributed by atoms with van der Waals surface area (Å²) in [7, 11) is -3.93. The van der Waals surface area contributed by atoms with Crippen molar-refractivity contribution in [3.63, 3.8) is 0 Å². The van der Waals surface area contributed by atoms with Crippen LogP contribution in [-0.4, -0.2) is 89.2 Å². The van der Waals surface area contributed by atoms with Crippen molar-refractivity contribution in [1.29, 1.82) is 0 Å². The number of benzene rings is 2. The largest absolute Gasteiger partial charge is 0.490 e. The van der Waals surface area contributed by atoms with Crippen LogP contribution >= 0.6 is 11.6 Å². The van der Waals surface area contributed by atoms with Gasteiger partial charge in [0.1, 0.15) is 5.75 Å². The number of hydrogen-bond acceptors (Lipinski definition) is 8. The van der Waals surface area contributed by atoms with Crippen LogP contribution in [-0.2, 0) is 31.3 Å². The minimum absolute atomic E-state index is 0.0791. The van der Waals surface area contributed by atoms with Gasteiger partial charge in [0.25, 0.3) is 5.91 Å². The van der Waals surface area contributed by atoms with Crippen molar-refractivity contribution in [3.05, 3.63) is 70.3 Å². The van der Waals surface area contributed by atoms with Gasteiger partial charge in [0, 0.05) is 48.2 Å². The summed E-state index contributed by atoms with van der Waals surface area (Å²) >= 11 is 6.48. The summed E-state index contributed by atoms with van der Waals surface area (Å²) < 4.78 is 48.7. The standard InChI is InChI=1S/C41H56ClN3O6S/c1-27(2)37-24-49-19-17-44(37)18-20-50-38-9-5-7-28(3)29(4)52(47,48)43-40(46)31-11-15-39-36(22-31)45(23-32-10-13-34(32)38)25-41(26-51-39)16-6-8-30-21-33(42)12-14-35(30)41/h5,9,11-12,14-15,21-22,27-29,32,34,37-38H,6-8,10,13,16-20,23-26H2,1-4H3,(H,43,46)/b9-5-/t28-,29+,32-,34+,37-,38-,41-/m0/s1. The number of hydrogen-bond donors (Lipinski definition) is 1. The molecule has 3 aliphatic heterocycles. The van der Waals surface area contributed by atoms with Crippen LogP contribution in [0, 0.1) is 23.7 Å². The molecule has 0 aromatic heterocycles. The fraction of sp³-hybridized carbons (Fsp3) is 0.634. The summed E-state index contributed by atoms with van der Waals surface area (Å²) in [6, 6.07) is 12.0. The third-order valence-corrected chi connectivity index (χ3v) is 14.9. The van der Waals surface area contributed by atoms with E-state index in [1.165, 1.54) is 11.1 Å². The summed E-state index contributed by atoms with van der Waals surface area (Å²) in [5, 5.41) is -0.0165. The molecule has 1 N–H and O–H groups in total. The lowest BCUT2D eigenvalue weighted by molar-refractivity contribution is -0.0559. The van der Waals surface area contributed by atoms with Crippen molar-refractivity contribution >= 4 is 33.2 Å². The molecule has 3 heterocycles. The molecule has 9 nitrogen and oxygen atoms in total. The summed E-state index contributed by atoms with van der Waals surface area (Å²) in [4.78, 5) is 18.5. The highest BCUT2D eigenvalue weighted by Crippen LogP contribution is 2.47. The number of fused-ring (bicyclic) bond motifs is 4. The van der Waals surface area contributed by atoms with Crippen LogP contribution < -0.4 is 14.4 Å². The second kappa shape index (κ2) is 15.6. The zero-order valence-electron chi connectivity index (χ0n) is 31.2. The third-order valence-electron chi connectivity index (χ3n) is 12.8. The van der Waals surface area contributed by atoms with E-state index in [2.05, 4.69) is 52.7 Å². The molecule has 11 heteroatoms. The molecule has 2 aromatic rings. The van der Waals surface area contributed by atoms with Gasteiger partial charge in [-0.05, 0) is 111 Å². The molecular weight excluding hydrogens is 698 g/mol. The highest BCUT2D eigenvalue weighted by molar-refractivity contribution is 7.90. The maximum absolute atomic E-state index is 13.6. The van der Waals surface area contributed by atoms with Crippen molar-refractivity contribution in [2.24, 2.45) is 23.7 Å². The van der Waals surface area contributed by atoms with Crippen molar-refractivity contribution in [1.82, 2.24) is 9.62 Å². The lowest BCUT2D eigenvalue weighted by Gasteiger charge is -2.46. The number of allylic oxidation sites excluding steroid dienone is 1. The smallest absolute Gasteiger partial charge is 0.264 e. The molecule has 2 bridgehead atoms. The molecule has 7 rings (SSSR count). The Kier molecular flexibility index (Phi) is 11.3. The van der Waals surface area contributed by atoms with E-state index in [1.54, 1.807) is 13.0 Å². The zero-order valence-corrected chi connectivity index (χ0v) is 32.8. The first-order valence-corrected chi connectivity index (χ1v) is 21.3. The average Bonchev–Trinajstić information content (AvgIpc) is 3.25. The fourth-order valence-corrected chi connectivity index (χ4v) is 10.7. The number of carbonyl (C=O) groups is 1. The maximum Gasteiger partial charge on any atom is 0.264 e. The number of nitrogens with one attached hydrogen (secondary N) is 1. The van der Waals surface area contributed by atoms with E-state index in [1.807, 2.05) is 25.1 Å². The number of anilines is 1. The highest BCUT2D eigenvalue weighted by Gasteiger charge is 2.45. The number of sulfonamides is 1. The second-order valence-electron chi connectivity index (χ2n) is 16.4. The van der Waals surface area contributed by atoms with E-state index in [0.717, 1.165) is 82.2 Å². The predicted molar refractivity (Wildman–Crippen MR) is 206 cm³/mol. The summed E-state index contributed by atoms with van der Waals surface area (Å²) in [6.45, 7) is 14.0. The number of carbonyl (C=O) groups excluding carboxylic acids is 1. The molecule has 1 amide bonds. The van der Waals surface area contributed by atoms with Gasteiger partial charge in [-0.25, -0.2) is 13.1 Å². The van der Waals surface area contributed by atoms with E-state index in [0.29, 0.717) is 54.7 Å². The van der Waals surface area contributed by atoms with E-state index in [9.17, 15) is 13.2 Å². The molecule has 1 spiro atoms. The lowest BCUT2D eigenvalue weighted by atomic mass is 9.68. The Morgan fingerprint density at radius 1 is 1.13 bits per heavy atom. The maximum atomic E-state index is 13.6. The first kappa shape index (κ1) is 37.7. The molecule has 1 saturated carbocycles. The van der Waals surface area contributed by atoms with E-state index in [4.69, 9.17) is 25.8 Å². The van der Waals surface area contributed by atoms with E-state index in [-0.39, 0.29) is 17.4 Å². The van der Waals surface area contributed by atoms with Crippen LogP contribution in [0.5, 0.6) is 5.75 Å². The van der Waals surface area contributed by atoms with Crippen LogP contribution in [0.1, 0.15) is 81.3 Å². The van der Waals surface area contributed by atoms with Gasteiger partial charge in [-0.15, -0.1) is 0 Å². The summed E-state index contributed by atoms with van der Waals surface area (Å²) in [5.41, 5.74) is 3.45. The molecule has 5 aliphatic rings. The van der Waals surface area contributed by atoms with Gasteiger partial charge in [-0.2, -0.15) is 0 Å². The molecule has 284 valence electrons. The molecule has 0 radical (unpaired) electrons. The minimum atomic E-state index is -3.93. The predicted octanol–water partition coefficient (Wildman–Crippen LogP) is 6.63. The van der Waals surface area contributed by atoms with Gasteiger partial charge >= 0.3 is 0 Å². The SMILES string of the molecule is CC(C)[C@@H]1COCCN1CCO[C@H]1/C=C\C[C@H](C)[C@@H](C)S(=O)(=O)NC(=O)c2ccc3c(c2)N(C[C@@H]2CC[C@H]21)C[C@@]1(CCCc2cc(Cl)ccc21)CO3. The first-order valence-electron chi connectivity index (χ1n) is 19.4. The molecular formula is C41H56ClN3O6S. The Labute approximate surface area is 315 Å². The van der Waals surface area contributed by atoms with Gasteiger partial charge < -0.3 is 19.1 Å². The first-order chi connectivity index (χ1) is 24.9. The van der Waals surface area contributed by atoms with Crippen LogP contribution in [0.3, 0.4) is 0 Å². The van der Waals surface area contributed by atoms with Crippen molar-refractivity contribution < 1.29 is 27.4 Å². The number of morpholine rings is 1. The number of ether oxygens (including phenoxy) is 3. The number of aryl methyl sites for hydroxylation is 1.